The fraction of sp³-hybridized carbons (Fsp3) is 0.450. The van der Waals surface area contributed by atoms with E-state index >= 15 is 0 Å². The van der Waals surface area contributed by atoms with Crippen LogP contribution in [-0.2, 0) is 0 Å². The van der Waals surface area contributed by atoms with Gasteiger partial charge in [-0.1, -0.05) is 30.3 Å². The van der Waals surface area contributed by atoms with Gasteiger partial charge >= 0.3 is 0 Å². The van der Waals surface area contributed by atoms with E-state index in [9.17, 15) is 15.0 Å². The van der Waals surface area contributed by atoms with Crippen molar-refractivity contribution in [2.24, 2.45) is 11.8 Å². The van der Waals surface area contributed by atoms with Gasteiger partial charge in [0.15, 0.2) is 0 Å². The number of hydrogen-bond donors (Lipinski definition) is 3. The molecule has 0 aromatic heterocycles. The smallest absolute Gasteiger partial charge is 0.257 e. The molecule has 140 valence electrons. The Morgan fingerprint density at radius 1 is 1.15 bits per heavy atom. The lowest BCUT2D eigenvalue weighted by Gasteiger charge is -2.23. The third-order valence-corrected chi connectivity index (χ3v) is 5.26. The number of likely N-dealkylation sites (tertiary alicyclic amines) is 1. The molecule has 0 spiro atoms. The molecule has 3 N–H and O–H groups in total. The van der Waals surface area contributed by atoms with Crippen LogP contribution in [0.2, 0.25) is 0 Å². The molecule has 0 bridgehead atoms. The number of aliphatic hydroxyl groups excluding tert-OH is 2. The molecule has 26 heavy (non-hydrogen) atoms. The minimum atomic E-state index is -0.209. The van der Waals surface area contributed by atoms with E-state index in [-0.39, 0.29) is 36.7 Å². The zero-order chi connectivity index (χ0) is 18.7. The van der Waals surface area contributed by atoms with E-state index in [0.29, 0.717) is 37.1 Å². The summed E-state index contributed by atoms with van der Waals surface area (Å²) in [6.45, 7) is 2.38. The normalized spacial score (nSPS) is 20.2. The Bertz CT molecular complexity index is 779. The van der Waals surface area contributed by atoms with Crippen LogP contribution >= 0.6 is 0 Å². The highest BCUT2D eigenvalue weighted by Crippen LogP contribution is 2.32. The van der Waals surface area contributed by atoms with Crippen molar-refractivity contribution in [3.05, 3.63) is 42.0 Å². The van der Waals surface area contributed by atoms with E-state index in [0.717, 1.165) is 5.39 Å². The highest BCUT2D eigenvalue weighted by Gasteiger charge is 2.36. The largest absolute Gasteiger partial charge is 0.506 e. The van der Waals surface area contributed by atoms with Crippen molar-refractivity contribution in [3.8, 4) is 5.75 Å². The first-order chi connectivity index (χ1) is 12.5. The highest BCUT2D eigenvalue weighted by molar-refractivity contribution is 6.03. The van der Waals surface area contributed by atoms with Gasteiger partial charge in [0, 0.05) is 44.1 Å². The maximum atomic E-state index is 13.0. The first-order valence-corrected chi connectivity index (χ1v) is 8.95. The molecule has 1 fully saturated rings. The maximum Gasteiger partial charge on any atom is 0.257 e. The zero-order valence-electron chi connectivity index (χ0n) is 15.0. The van der Waals surface area contributed by atoms with Gasteiger partial charge in [-0.05, 0) is 24.4 Å². The van der Waals surface area contributed by atoms with Gasteiger partial charge in [-0.3, -0.25) is 4.79 Å². The van der Waals surface area contributed by atoms with Gasteiger partial charge in [0.1, 0.15) is 5.75 Å². The molecule has 1 heterocycles. The molecule has 6 heteroatoms. The van der Waals surface area contributed by atoms with Crippen LogP contribution in [0.4, 0.5) is 0 Å². The van der Waals surface area contributed by atoms with Gasteiger partial charge in [0.25, 0.3) is 5.91 Å². The third kappa shape index (κ3) is 3.67. The quantitative estimate of drug-likeness (QED) is 0.721. The SMILES string of the molecule is CN(CCO)C[C@@H]1CN(C(=O)c2ccc3ccccc3c2O)C[C@@H]1CO. The number of nitrogens with zero attached hydrogens (tertiary/aromatic N) is 2. The summed E-state index contributed by atoms with van der Waals surface area (Å²) in [7, 11) is 1.92. The van der Waals surface area contributed by atoms with Crippen molar-refractivity contribution in [1.29, 1.82) is 0 Å². The Labute approximate surface area is 153 Å². The molecule has 2 atom stereocenters. The Hall–Kier alpha value is -2.15. The number of carbonyl (C=O) groups is 1. The second-order valence-electron chi connectivity index (χ2n) is 7.08. The lowest BCUT2D eigenvalue weighted by Crippen LogP contribution is -2.33. The molecule has 1 saturated heterocycles. The number of aliphatic hydroxyl groups is 2. The lowest BCUT2D eigenvalue weighted by atomic mass is 9.96. The maximum absolute atomic E-state index is 13.0. The number of hydrogen-bond acceptors (Lipinski definition) is 5. The van der Waals surface area contributed by atoms with Crippen LogP contribution in [0.5, 0.6) is 5.75 Å². The van der Waals surface area contributed by atoms with Crippen LogP contribution in [0, 0.1) is 11.8 Å². The van der Waals surface area contributed by atoms with Gasteiger partial charge in [0.05, 0.1) is 12.2 Å². The summed E-state index contributed by atoms with van der Waals surface area (Å²) in [5.41, 5.74) is 0.296. The minimum Gasteiger partial charge on any atom is -0.506 e. The second kappa shape index (κ2) is 8.03. The van der Waals surface area contributed by atoms with E-state index in [1.54, 1.807) is 17.0 Å². The molecular weight excluding hydrogens is 332 g/mol. The summed E-state index contributed by atoms with van der Waals surface area (Å²) in [4.78, 5) is 16.7. The fourth-order valence-electron chi connectivity index (χ4n) is 3.78. The number of phenolic OH excluding ortho intramolecular Hbond substituents is 1. The molecule has 0 radical (unpaired) electrons. The van der Waals surface area contributed by atoms with Crippen molar-refractivity contribution in [2.45, 2.75) is 0 Å². The average Bonchev–Trinajstić information content (AvgIpc) is 3.04. The Kier molecular flexibility index (Phi) is 5.76. The average molecular weight is 358 g/mol. The van der Waals surface area contributed by atoms with E-state index in [1.165, 1.54) is 0 Å². The number of benzene rings is 2. The molecule has 0 aliphatic carbocycles. The molecule has 1 aliphatic heterocycles. The first-order valence-electron chi connectivity index (χ1n) is 8.95. The Morgan fingerprint density at radius 3 is 2.62 bits per heavy atom. The van der Waals surface area contributed by atoms with Crippen LogP contribution in [0.15, 0.2) is 36.4 Å². The predicted octanol–water partition coefficient (Wildman–Crippen LogP) is 1.15. The van der Waals surface area contributed by atoms with Crippen LogP contribution < -0.4 is 0 Å². The van der Waals surface area contributed by atoms with E-state index < -0.39 is 0 Å². The number of fused-ring (bicyclic) bond motifs is 1. The van der Waals surface area contributed by atoms with Crippen molar-refractivity contribution >= 4 is 16.7 Å². The number of aromatic hydroxyl groups is 1. The van der Waals surface area contributed by atoms with Gasteiger partial charge in [-0.25, -0.2) is 0 Å². The van der Waals surface area contributed by atoms with Crippen LogP contribution in [0.3, 0.4) is 0 Å². The van der Waals surface area contributed by atoms with Crippen LogP contribution in [0.25, 0.3) is 10.8 Å². The topological polar surface area (TPSA) is 84.2 Å². The Balaban J connectivity index is 1.79. The van der Waals surface area contributed by atoms with Gasteiger partial charge in [-0.15, -0.1) is 0 Å². The third-order valence-electron chi connectivity index (χ3n) is 5.26. The highest BCUT2D eigenvalue weighted by atomic mass is 16.3. The summed E-state index contributed by atoms with van der Waals surface area (Å²) in [5, 5.41) is 30.8. The van der Waals surface area contributed by atoms with E-state index in [4.69, 9.17) is 5.11 Å². The van der Waals surface area contributed by atoms with Crippen LogP contribution in [-0.4, -0.2) is 77.5 Å². The van der Waals surface area contributed by atoms with Crippen molar-refractivity contribution in [3.63, 3.8) is 0 Å². The van der Waals surface area contributed by atoms with Crippen molar-refractivity contribution in [2.75, 3.05) is 46.4 Å². The standard InChI is InChI=1S/C20H26N2O4/c1-21(8-9-23)10-15-11-22(12-16(15)13-24)20(26)18-7-6-14-4-2-3-5-17(14)19(18)25/h2-7,15-16,23-25H,8-13H2,1H3/t15-,16-/m1/s1. The second-order valence-corrected chi connectivity index (χ2v) is 7.08. The molecule has 0 saturated carbocycles. The molecular formula is C20H26N2O4. The molecule has 6 nitrogen and oxygen atoms in total. The fourth-order valence-corrected chi connectivity index (χ4v) is 3.78. The summed E-state index contributed by atoms with van der Waals surface area (Å²) in [6, 6.07) is 10.9. The number of phenols is 1. The molecule has 0 unspecified atom stereocenters. The summed E-state index contributed by atoms with van der Waals surface area (Å²) in [6.07, 6.45) is 0. The summed E-state index contributed by atoms with van der Waals surface area (Å²) < 4.78 is 0. The molecule has 2 aromatic rings. The number of amides is 1. The van der Waals surface area contributed by atoms with Gasteiger partial charge < -0.3 is 25.1 Å². The predicted molar refractivity (Wildman–Crippen MR) is 100 cm³/mol. The number of likely N-dealkylation sites (N-methyl/N-ethyl adjacent to an activating group) is 1. The van der Waals surface area contributed by atoms with E-state index in [1.807, 2.05) is 36.2 Å². The Morgan fingerprint density at radius 2 is 1.88 bits per heavy atom. The van der Waals surface area contributed by atoms with Crippen molar-refractivity contribution < 1.29 is 20.1 Å². The molecule has 3 rings (SSSR count). The van der Waals surface area contributed by atoms with Gasteiger partial charge in [-0.2, -0.15) is 0 Å². The number of carbonyl (C=O) groups excluding carboxylic acids is 1. The molecule has 2 aromatic carbocycles. The lowest BCUT2D eigenvalue weighted by molar-refractivity contribution is 0.0776. The summed E-state index contributed by atoms with van der Waals surface area (Å²) >= 11 is 0. The van der Waals surface area contributed by atoms with E-state index in [2.05, 4.69) is 0 Å². The first kappa shape index (κ1) is 18.6. The van der Waals surface area contributed by atoms with Gasteiger partial charge in [0.2, 0.25) is 0 Å². The zero-order valence-corrected chi connectivity index (χ0v) is 15.0. The molecule has 1 aliphatic rings. The minimum absolute atomic E-state index is 0.00249. The number of rotatable bonds is 6. The van der Waals surface area contributed by atoms with Crippen molar-refractivity contribution in [1.82, 2.24) is 9.80 Å². The van der Waals surface area contributed by atoms with Crippen LogP contribution in [0.1, 0.15) is 10.4 Å². The monoisotopic (exact) mass is 358 g/mol. The summed E-state index contributed by atoms with van der Waals surface area (Å²) in [5.74, 6) is -0.0562. The molecule has 1 amide bonds.